The predicted molar refractivity (Wildman–Crippen MR) is 120 cm³/mol. The molecule has 2 fully saturated rings. The Balaban J connectivity index is 1.34. The minimum absolute atomic E-state index is 0.158. The summed E-state index contributed by atoms with van der Waals surface area (Å²) < 4.78 is 9.40. The second-order valence-electron chi connectivity index (χ2n) is 9.00. The summed E-state index contributed by atoms with van der Waals surface area (Å²) in [5.74, 6) is 0. The van der Waals surface area contributed by atoms with Crippen LogP contribution in [0.4, 0.5) is 4.79 Å². The zero-order valence-corrected chi connectivity index (χ0v) is 19.1. The number of ether oxygens (including phenoxy) is 1. The second kappa shape index (κ2) is 9.85. The Bertz CT molecular complexity index is 852. The fraction of sp³-hybridized carbons (Fsp3) is 0.696. The standard InChI is InChI=1S/C23H36N6O2/c1-4-31-23(30)27-12-5-6-20(8-15-27)26-13-9-21(10-14-26)29-22(7-11-24-29)19-16-25-28(17-19)18(2)3/h7,11,16-18,20-21H,4-6,8-10,12-15H2,1-3H3. The predicted octanol–water partition coefficient (Wildman–Crippen LogP) is 3.98. The highest BCUT2D eigenvalue weighted by atomic mass is 16.6. The van der Waals surface area contributed by atoms with Crippen molar-refractivity contribution in [2.24, 2.45) is 0 Å². The normalized spacial score (nSPS) is 21.4. The molecule has 2 aromatic rings. The van der Waals surface area contributed by atoms with E-state index in [1.807, 2.05) is 28.9 Å². The number of hydrogen-bond acceptors (Lipinski definition) is 5. The molecule has 1 unspecified atom stereocenters. The van der Waals surface area contributed by atoms with E-state index in [1.54, 1.807) is 0 Å². The third-order valence-electron chi connectivity index (χ3n) is 6.68. The van der Waals surface area contributed by atoms with Crippen molar-refractivity contribution in [3.8, 4) is 11.3 Å². The first kappa shape index (κ1) is 21.9. The molecule has 170 valence electrons. The third-order valence-corrected chi connectivity index (χ3v) is 6.68. The van der Waals surface area contributed by atoms with E-state index in [-0.39, 0.29) is 6.09 Å². The van der Waals surface area contributed by atoms with Crippen LogP contribution in [0.1, 0.15) is 65.0 Å². The maximum Gasteiger partial charge on any atom is 0.409 e. The van der Waals surface area contributed by atoms with Gasteiger partial charge in [0.1, 0.15) is 0 Å². The monoisotopic (exact) mass is 428 g/mol. The lowest BCUT2D eigenvalue weighted by atomic mass is 9.99. The molecule has 0 saturated carbocycles. The van der Waals surface area contributed by atoms with E-state index in [0.29, 0.717) is 24.7 Å². The van der Waals surface area contributed by atoms with Crippen LogP contribution in [0.5, 0.6) is 0 Å². The Morgan fingerprint density at radius 2 is 1.87 bits per heavy atom. The molecular weight excluding hydrogens is 392 g/mol. The Kier molecular flexibility index (Phi) is 6.95. The molecule has 4 heterocycles. The van der Waals surface area contributed by atoms with Crippen LogP contribution in [0.2, 0.25) is 0 Å². The van der Waals surface area contributed by atoms with Gasteiger partial charge in [0, 0.05) is 56.2 Å². The van der Waals surface area contributed by atoms with Gasteiger partial charge in [-0.05, 0) is 58.9 Å². The molecule has 0 radical (unpaired) electrons. The van der Waals surface area contributed by atoms with Gasteiger partial charge in [0.25, 0.3) is 0 Å². The summed E-state index contributed by atoms with van der Waals surface area (Å²) in [7, 11) is 0. The number of carbonyl (C=O) groups excluding carboxylic acids is 1. The van der Waals surface area contributed by atoms with Crippen LogP contribution in [0, 0.1) is 0 Å². The molecule has 1 atom stereocenters. The second-order valence-corrected chi connectivity index (χ2v) is 9.00. The Hall–Kier alpha value is -2.35. The van der Waals surface area contributed by atoms with Crippen molar-refractivity contribution in [3.63, 3.8) is 0 Å². The first-order valence-electron chi connectivity index (χ1n) is 11.8. The summed E-state index contributed by atoms with van der Waals surface area (Å²) in [6.07, 6.45) is 11.3. The van der Waals surface area contributed by atoms with E-state index in [9.17, 15) is 4.79 Å². The summed E-state index contributed by atoms with van der Waals surface area (Å²) in [5, 5.41) is 9.17. The van der Waals surface area contributed by atoms with Gasteiger partial charge in [-0.2, -0.15) is 10.2 Å². The van der Waals surface area contributed by atoms with E-state index in [2.05, 4.69) is 45.9 Å². The Morgan fingerprint density at radius 1 is 1.10 bits per heavy atom. The van der Waals surface area contributed by atoms with Crippen molar-refractivity contribution in [2.45, 2.75) is 71.0 Å². The molecule has 31 heavy (non-hydrogen) atoms. The van der Waals surface area contributed by atoms with E-state index >= 15 is 0 Å². The molecule has 4 rings (SSSR count). The van der Waals surface area contributed by atoms with E-state index in [4.69, 9.17) is 4.74 Å². The number of piperidine rings is 1. The molecule has 8 nitrogen and oxygen atoms in total. The van der Waals surface area contributed by atoms with Gasteiger partial charge in [-0.1, -0.05) is 0 Å². The third kappa shape index (κ3) is 4.95. The number of amides is 1. The molecule has 1 amide bonds. The highest BCUT2D eigenvalue weighted by Crippen LogP contribution is 2.30. The van der Waals surface area contributed by atoms with Crippen molar-refractivity contribution in [2.75, 3.05) is 32.8 Å². The fourth-order valence-electron chi connectivity index (χ4n) is 4.92. The highest BCUT2D eigenvalue weighted by Gasteiger charge is 2.30. The first-order chi connectivity index (χ1) is 15.1. The number of rotatable bonds is 5. The van der Waals surface area contributed by atoms with Crippen molar-refractivity contribution < 1.29 is 9.53 Å². The van der Waals surface area contributed by atoms with Gasteiger partial charge in [-0.3, -0.25) is 9.36 Å². The maximum atomic E-state index is 12.1. The van der Waals surface area contributed by atoms with Crippen LogP contribution in [-0.4, -0.2) is 74.3 Å². The van der Waals surface area contributed by atoms with Crippen molar-refractivity contribution in [1.82, 2.24) is 29.4 Å². The molecule has 2 aliphatic rings. The summed E-state index contributed by atoms with van der Waals surface area (Å²) in [6, 6.07) is 3.43. The van der Waals surface area contributed by atoms with Gasteiger partial charge < -0.3 is 14.5 Å². The molecule has 2 aromatic heterocycles. The fourth-order valence-corrected chi connectivity index (χ4v) is 4.92. The van der Waals surface area contributed by atoms with Crippen LogP contribution >= 0.6 is 0 Å². The highest BCUT2D eigenvalue weighted by molar-refractivity contribution is 5.67. The smallest absolute Gasteiger partial charge is 0.409 e. The van der Waals surface area contributed by atoms with Gasteiger partial charge in [0.2, 0.25) is 0 Å². The van der Waals surface area contributed by atoms with Gasteiger partial charge in [0.15, 0.2) is 0 Å². The summed E-state index contributed by atoms with van der Waals surface area (Å²) >= 11 is 0. The van der Waals surface area contributed by atoms with Crippen LogP contribution in [0.25, 0.3) is 11.3 Å². The van der Waals surface area contributed by atoms with Gasteiger partial charge >= 0.3 is 6.09 Å². The summed E-state index contributed by atoms with van der Waals surface area (Å²) in [5.41, 5.74) is 2.29. The van der Waals surface area contributed by atoms with Crippen molar-refractivity contribution in [3.05, 3.63) is 24.7 Å². The zero-order chi connectivity index (χ0) is 21.8. The van der Waals surface area contributed by atoms with Crippen LogP contribution in [-0.2, 0) is 4.74 Å². The van der Waals surface area contributed by atoms with Crippen LogP contribution < -0.4 is 0 Å². The Labute approximate surface area is 185 Å². The van der Waals surface area contributed by atoms with Gasteiger partial charge in [-0.15, -0.1) is 0 Å². The molecule has 8 heteroatoms. The van der Waals surface area contributed by atoms with Gasteiger partial charge in [0.05, 0.1) is 24.5 Å². The van der Waals surface area contributed by atoms with E-state index in [1.165, 1.54) is 0 Å². The minimum atomic E-state index is -0.158. The number of carbonyl (C=O) groups is 1. The number of nitrogens with zero attached hydrogens (tertiary/aromatic N) is 6. The molecule has 0 N–H and O–H groups in total. The molecule has 0 bridgehead atoms. The number of likely N-dealkylation sites (tertiary alicyclic amines) is 2. The molecular formula is C23H36N6O2. The Morgan fingerprint density at radius 3 is 2.58 bits per heavy atom. The lowest BCUT2D eigenvalue weighted by Crippen LogP contribution is -2.42. The maximum absolute atomic E-state index is 12.1. The van der Waals surface area contributed by atoms with Crippen molar-refractivity contribution >= 4 is 6.09 Å². The van der Waals surface area contributed by atoms with Crippen LogP contribution in [0.3, 0.4) is 0 Å². The lowest BCUT2D eigenvalue weighted by molar-refractivity contribution is 0.103. The van der Waals surface area contributed by atoms with Crippen LogP contribution in [0.15, 0.2) is 24.7 Å². The number of hydrogen-bond donors (Lipinski definition) is 0. The molecule has 0 aliphatic carbocycles. The summed E-state index contributed by atoms with van der Waals surface area (Å²) in [6.45, 7) is 10.4. The molecule has 0 spiro atoms. The first-order valence-corrected chi connectivity index (χ1v) is 11.8. The zero-order valence-electron chi connectivity index (χ0n) is 19.1. The average Bonchev–Trinajstić information content (AvgIpc) is 3.38. The summed E-state index contributed by atoms with van der Waals surface area (Å²) in [4.78, 5) is 16.6. The minimum Gasteiger partial charge on any atom is -0.450 e. The van der Waals surface area contributed by atoms with Gasteiger partial charge in [-0.25, -0.2) is 4.79 Å². The SMILES string of the molecule is CCOC(=O)N1CCCC(N2CCC(n3nccc3-c3cnn(C(C)C)c3)CC2)CC1. The molecule has 2 saturated heterocycles. The van der Waals surface area contributed by atoms with E-state index < -0.39 is 0 Å². The topological polar surface area (TPSA) is 68.4 Å². The lowest BCUT2D eigenvalue weighted by Gasteiger charge is -2.37. The largest absolute Gasteiger partial charge is 0.450 e. The molecule has 2 aliphatic heterocycles. The van der Waals surface area contributed by atoms with Crippen molar-refractivity contribution in [1.29, 1.82) is 0 Å². The van der Waals surface area contributed by atoms with E-state index in [0.717, 1.165) is 69.5 Å². The average molecular weight is 429 g/mol. The molecule has 0 aromatic carbocycles. The quantitative estimate of drug-likeness (QED) is 0.721. The number of aromatic nitrogens is 4.